The zero-order valence-electron chi connectivity index (χ0n) is 27.2. The number of benzene rings is 4. The van der Waals surface area contributed by atoms with Gasteiger partial charge in [-0.3, -0.25) is 15.1 Å². The summed E-state index contributed by atoms with van der Waals surface area (Å²) in [4.78, 5) is 39.9. The SMILES string of the molecule is O=C(C=Cc1ccc(-c2[nH]c(-c3ccc(N4CCCC4)cc3)nc2-c2ccc(C3=CC(C(=O)O)ON3)cc2)cc1)NCCc1ccc(F)cc1. The lowest BCUT2D eigenvalue weighted by molar-refractivity contribution is -0.148. The molecule has 9 nitrogen and oxygen atoms in total. The third-order valence-electron chi connectivity index (χ3n) is 8.90. The van der Waals surface area contributed by atoms with E-state index in [0.29, 0.717) is 18.7 Å². The maximum absolute atomic E-state index is 13.1. The lowest BCUT2D eigenvalue weighted by atomic mass is 10.0. The summed E-state index contributed by atoms with van der Waals surface area (Å²) >= 11 is 0. The zero-order valence-corrected chi connectivity index (χ0v) is 27.2. The van der Waals surface area contributed by atoms with Gasteiger partial charge >= 0.3 is 5.97 Å². The molecule has 0 saturated carbocycles. The predicted molar refractivity (Wildman–Crippen MR) is 192 cm³/mol. The van der Waals surface area contributed by atoms with Crippen molar-refractivity contribution < 1.29 is 23.9 Å². The molecule has 3 heterocycles. The molecule has 4 aromatic carbocycles. The molecule has 10 heteroatoms. The molecule has 4 N–H and O–H groups in total. The minimum atomic E-state index is -1.06. The number of aliphatic carboxylic acids is 1. The van der Waals surface area contributed by atoms with Crippen LogP contribution in [0.4, 0.5) is 10.1 Å². The molecular formula is C40H36FN5O4. The molecule has 1 fully saturated rings. The number of anilines is 1. The second kappa shape index (κ2) is 14.6. The van der Waals surface area contributed by atoms with Crippen molar-refractivity contribution in [3.8, 4) is 33.9 Å². The Balaban J connectivity index is 1.11. The first-order valence-corrected chi connectivity index (χ1v) is 16.6. The average molecular weight is 670 g/mol. The van der Waals surface area contributed by atoms with E-state index < -0.39 is 12.1 Å². The van der Waals surface area contributed by atoms with E-state index in [9.17, 15) is 19.1 Å². The van der Waals surface area contributed by atoms with Gasteiger partial charge in [0.1, 0.15) is 11.6 Å². The highest BCUT2D eigenvalue weighted by molar-refractivity contribution is 5.92. The number of imidazole rings is 1. The monoisotopic (exact) mass is 669 g/mol. The fourth-order valence-corrected chi connectivity index (χ4v) is 6.14. The molecule has 0 radical (unpaired) electrons. The standard InChI is InChI=1S/C40H36FN5O4/c41-32-16-5-27(6-17-32)21-22-42-36(47)20-7-26-3-8-29(9-4-26)37-38(30-12-10-28(11-13-30)34-25-35(40(48)49)50-45-34)44-39(43-37)31-14-18-33(19-15-31)46-23-1-2-24-46/h3-20,25,35,45H,1-2,21-24H2,(H,42,47)(H,43,44)(H,48,49). The molecule has 1 unspecified atom stereocenters. The molecule has 2 aliphatic heterocycles. The molecule has 1 aromatic heterocycles. The van der Waals surface area contributed by atoms with Gasteiger partial charge in [-0.2, -0.15) is 0 Å². The number of carbonyl (C=O) groups is 2. The number of H-pyrrole nitrogens is 1. The Morgan fingerprint density at radius 1 is 0.880 bits per heavy atom. The van der Waals surface area contributed by atoms with Crippen molar-refractivity contribution in [2.24, 2.45) is 0 Å². The van der Waals surface area contributed by atoms with Crippen LogP contribution in [-0.4, -0.2) is 52.7 Å². The molecule has 7 rings (SSSR count). The predicted octanol–water partition coefficient (Wildman–Crippen LogP) is 6.85. The Morgan fingerprint density at radius 3 is 2.22 bits per heavy atom. The maximum Gasteiger partial charge on any atom is 0.339 e. The molecule has 50 heavy (non-hydrogen) atoms. The first-order chi connectivity index (χ1) is 24.4. The number of rotatable bonds is 11. The number of nitrogens with one attached hydrogen (secondary N) is 3. The van der Waals surface area contributed by atoms with E-state index in [1.807, 2.05) is 48.5 Å². The van der Waals surface area contributed by atoms with Crippen LogP contribution in [0.25, 0.3) is 45.7 Å². The van der Waals surface area contributed by atoms with Crippen molar-refractivity contribution in [3.63, 3.8) is 0 Å². The van der Waals surface area contributed by atoms with Crippen LogP contribution in [0.15, 0.2) is 109 Å². The van der Waals surface area contributed by atoms with Crippen LogP contribution in [0.5, 0.6) is 0 Å². The van der Waals surface area contributed by atoms with Crippen molar-refractivity contribution in [1.82, 2.24) is 20.8 Å². The number of carboxylic acids is 1. The molecule has 1 amide bonds. The van der Waals surface area contributed by atoms with E-state index in [0.717, 1.165) is 63.7 Å². The zero-order chi connectivity index (χ0) is 34.5. The summed E-state index contributed by atoms with van der Waals surface area (Å²) in [6, 6.07) is 30.4. The molecule has 0 aliphatic carbocycles. The largest absolute Gasteiger partial charge is 0.479 e. The lowest BCUT2D eigenvalue weighted by Crippen LogP contribution is -2.23. The van der Waals surface area contributed by atoms with E-state index >= 15 is 0 Å². The summed E-state index contributed by atoms with van der Waals surface area (Å²) < 4.78 is 13.1. The molecule has 0 bridgehead atoms. The van der Waals surface area contributed by atoms with Crippen molar-refractivity contribution in [3.05, 3.63) is 132 Å². The highest BCUT2D eigenvalue weighted by Crippen LogP contribution is 2.35. The van der Waals surface area contributed by atoms with E-state index in [-0.39, 0.29) is 11.7 Å². The van der Waals surface area contributed by atoms with Gasteiger partial charge in [0.15, 0.2) is 0 Å². The lowest BCUT2D eigenvalue weighted by Gasteiger charge is -2.17. The quantitative estimate of drug-likeness (QED) is 0.114. The molecule has 1 atom stereocenters. The first-order valence-electron chi connectivity index (χ1n) is 16.6. The van der Waals surface area contributed by atoms with Crippen LogP contribution < -0.4 is 15.7 Å². The summed E-state index contributed by atoms with van der Waals surface area (Å²) in [6.07, 6.45) is 6.81. The summed E-state index contributed by atoms with van der Waals surface area (Å²) in [5.74, 6) is -0.803. The molecule has 5 aromatic rings. The highest BCUT2D eigenvalue weighted by atomic mass is 19.1. The van der Waals surface area contributed by atoms with Crippen LogP contribution in [0.1, 0.15) is 29.5 Å². The molecule has 252 valence electrons. The Hall–Kier alpha value is -6.00. The minimum Gasteiger partial charge on any atom is -0.479 e. The number of carbonyl (C=O) groups excluding carboxylic acids is 1. The van der Waals surface area contributed by atoms with E-state index in [4.69, 9.17) is 9.82 Å². The number of hydrogen-bond acceptors (Lipinski definition) is 6. The molecule has 2 aliphatic rings. The van der Waals surface area contributed by atoms with Crippen LogP contribution in [0.2, 0.25) is 0 Å². The average Bonchev–Trinajstić information content (AvgIpc) is 3.94. The molecular weight excluding hydrogens is 633 g/mol. The van der Waals surface area contributed by atoms with Gasteiger partial charge in [-0.1, -0.05) is 60.7 Å². The van der Waals surface area contributed by atoms with Gasteiger partial charge in [0.25, 0.3) is 0 Å². The van der Waals surface area contributed by atoms with Crippen LogP contribution in [0.3, 0.4) is 0 Å². The number of halogens is 1. The smallest absolute Gasteiger partial charge is 0.339 e. The van der Waals surface area contributed by atoms with E-state index in [2.05, 4.69) is 44.9 Å². The Kier molecular flexibility index (Phi) is 9.52. The van der Waals surface area contributed by atoms with Gasteiger partial charge < -0.3 is 20.3 Å². The number of aromatic amines is 1. The van der Waals surface area contributed by atoms with Gasteiger partial charge in [0.05, 0.1) is 17.1 Å². The summed E-state index contributed by atoms with van der Waals surface area (Å²) in [7, 11) is 0. The topological polar surface area (TPSA) is 120 Å². The normalized spacial score (nSPS) is 15.7. The van der Waals surface area contributed by atoms with E-state index in [1.165, 1.54) is 42.8 Å². The summed E-state index contributed by atoms with van der Waals surface area (Å²) in [5, 5.41) is 12.1. The Morgan fingerprint density at radius 2 is 1.54 bits per heavy atom. The summed E-state index contributed by atoms with van der Waals surface area (Å²) in [5.41, 5.74) is 11.5. The Bertz CT molecular complexity index is 2030. The fourth-order valence-electron chi connectivity index (χ4n) is 6.14. The van der Waals surface area contributed by atoms with Gasteiger partial charge in [-0.15, -0.1) is 0 Å². The van der Waals surface area contributed by atoms with Gasteiger partial charge in [-0.05, 0) is 84.5 Å². The van der Waals surface area contributed by atoms with Crippen molar-refractivity contribution in [1.29, 1.82) is 0 Å². The van der Waals surface area contributed by atoms with Gasteiger partial charge in [0, 0.05) is 48.1 Å². The summed E-state index contributed by atoms with van der Waals surface area (Å²) in [6.45, 7) is 2.60. The van der Waals surface area contributed by atoms with Crippen LogP contribution >= 0.6 is 0 Å². The van der Waals surface area contributed by atoms with Crippen molar-refractivity contribution >= 4 is 29.3 Å². The third-order valence-corrected chi connectivity index (χ3v) is 8.90. The van der Waals surface area contributed by atoms with Gasteiger partial charge in [-0.25, -0.2) is 14.2 Å². The van der Waals surface area contributed by atoms with Crippen LogP contribution in [-0.2, 0) is 20.8 Å². The Labute approximate surface area is 289 Å². The number of hydroxylamine groups is 1. The number of carboxylic acid groups (broad SMARTS) is 1. The maximum atomic E-state index is 13.1. The number of nitrogens with zero attached hydrogens (tertiary/aromatic N) is 2. The minimum absolute atomic E-state index is 0.204. The van der Waals surface area contributed by atoms with Crippen LogP contribution in [0, 0.1) is 5.82 Å². The second-order valence-corrected chi connectivity index (χ2v) is 12.3. The number of amides is 1. The number of aromatic nitrogens is 2. The molecule has 0 spiro atoms. The van der Waals surface area contributed by atoms with Crippen molar-refractivity contribution in [2.75, 3.05) is 24.5 Å². The second-order valence-electron chi connectivity index (χ2n) is 12.3. The fraction of sp³-hybridized carbons (Fsp3) is 0.175. The highest BCUT2D eigenvalue weighted by Gasteiger charge is 2.24. The van der Waals surface area contributed by atoms with Crippen molar-refractivity contribution in [2.45, 2.75) is 25.4 Å². The third kappa shape index (κ3) is 7.50. The first kappa shape index (κ1) is 32.5. The van der Waals surface area contributed by atoms with E-state index in [1.54, 1.807) is 18.2 Å². The number of hydrogen-bond donors (Lipinski definition) is 4. The van der Waals surface area contributed by atoms with Gasteiger partial charge in [0.2, 0.25) is 12.0 Å². The molecule has 1 saturated heterocycles.